The standard InChI is InChI=1S/C11H9ClF2N2O2/c1-2-18-11(17)9-7(3-12)8(10(13)14)6(4-15)5-16-9/h5,10H,2-3H2,1H3. The summed E-state index contributed by atoms with van der Waals surface area (Å²) in [7, 11) is 0. The number of nitriles is 1. The molecule has 4 nitrogen and oxygen atoms in total. The molecule has 0 spiro atoms. The molecule has 18 heavy (non-hydrogen) atoms. The van der Waals surface area contributed by atoms with E-state index < -0.39 is 18.0 Å². The van der Waals surface area contributed by atoms with Crippen LogP contribution in [0.1, 0.15) is 40.5 Å². The van der Waals surface area contributed by atoms with Gasteiger partial charge in [-0.15, -0.1) is 11.6 Å². The van der Waals surface area contributed by atoms with Crippen LogP contribution in [0.25, 0.3) is 0 Å². The van der Waals surface area contributed by atoms with E-state index in [0.717, 1.165) is 6.20 Å². The topological polar surface area (TPSA) is 63.0 Å². The molecule has 96 valence electrons. The number of halogens is 3. The van der Waals surface area contributed by atoms with Gasteiger partial charge in [-0.1, -0.05) is 0 Å². The minimum absolute atomic E-state index is 0.0895. The molecule has 0 aliphatic carbocycles. The number of aromatic nitrogens is 1. The lowest BCUT2D eigenvalue weighted by molar-refractivity contribution is 0.0517. The number of alkyl halides is 3. The first-order chi connectivity index (χ1) is 8.56. The molecule has 1 aromatic heterocycles. The third-order valence-corrected chi connectivity index (χ3v) is 2.43. The number of rotatable bonds is 4. The maximum atomic E-state index is 12.9. The molecule has 0 atom stereocenters. The van der Waals surface area contributed by atoms with Crippen LogP contribution >= 0.6 is 11.6 Å². The van der Waals surface area contributed by atoms with Crippen molar-refractivity contribution in [3.8, 4) is 6.07 Å². The van der Waals surface area contributed by atoms with Gasteiger partial charge in [0.2, 0.25) is 0 Å². The van der Waals surface area contributed by atoms with Gasteiger partial charge in [-0.25, -0.2) is 18.6 Å². The van der Waals surface area contributed by atoms with E-state index in [0.29, 0.717) is 0 Å². The summed E-state index contributed by atoms with van der Waals surface area (Å²) in [6, 6.07) is 1.60. The van der Waals surface area contributed by atoms with E-state index in [1.165, 1.54) is 0 Å². The average Bonchev–Trinajstić information content (AvgIpc) is 2.36. The summed E-state index contributed by atoms with van der Waals surface area (Å²) < 4.78 is 30.5. The Kier molecular flexibility index (Phi) is 4.98. The molecule has 0 aliphatic heterocycles. The van der Waals surface area contributed by atoms with Crippen molar-refractivity contribution in [2.24, 2.45) is 0 Å². The first kappa shape index (κ1) is 14.3. The molecule has 1 rings (SSSR count). The molecule has 0 unspecified atom stereocenters. The highest BCUT2D eigenvalue weighted by molar-refractivity contribution is 6.17. The Bertz CT molecular complexity index is 501. The van der Waals surface area contributed by atoms with Crippen LogP contribution in [0.5, 0.6) is 0 Å². The van der Waals surface area contributed by atoms with Gasteiger partial charge in [0.1, 0.15) is 6.07 Å². The molecule has 0 aromatic carbocycles. The number of pyridine rings is 1. The lowest BCUT2D eigenvalue weighted by atomic mass is 10.0. The molecular weight excluding hydrogens is 266 g/mol. The van der Waals surface area contributed by atoms with Gasteiger partial charge in [-0.3, -0.25) is 0 Å². The van der Waals surface area contributed by atoms with Gasteiger partial charge < -0.3 is 4.74 Å². The Labute approximate surface area is 107 Å². The maximum Gasteiger partial charge on any atom is 0.357 e. The van der Waals surface area contributed by atoms with Crippen molar-refractivity contribution in [1.29, 1.82) is 5.26 Å². The Morgan fingerprint density at radius 3 is 2.78 bits per heavy atom. The van der Waals surface area contributed by atoms with Gasteiger partial charge >= 0.3 is 5.97 Å². The number of hydrogen-bond donors (Lipinski definition) is 0. The summed E-state index contributed by atoms with van der Waals surface area (Å²) >= 11 is 5.56. The van der Waals surface area contributed by atoms with Gasteiger partial charge in [0, 0.05) is 17.3 Å². The summed E-state index contributed by atoms with van der Waals surface area (Å²) in [4.78, 5) is 15.2. The average molecular weight is 275 g/mol. The number of nitrogens with zero attached hydrogens (tertiary/aromatic N) is 2. The van der Waals surface area contributed by atoms with Crippen LogP contribution in [-0.2, 0) is 10.6 Å². The molecular formula is C11H9ClF2N2O2. The first-order valence-corrected chi connectivity index (χ1v) is 5.53. The summed E-state index contributed by atoms with van der Waals surface area (Å²) in [5, 5.41) is 8.74. The van der Waals surface area contributed by atoms with Crippen LogP contribution in [0.4, 0.5) is 8.78 Å². The summed E-state index contributed by atoms with van der Waals surface area (Å²) in [6.45, 7) is 1.67. The minimum atomic E-state index is -2.91. The highest BCUT2D eigenvalue weighted by Gasteiger charge is 2.25. The van der Waals surface area contributed by atoms with E-state index in [2.05, 4.69) is 4.98 Å². The van der Waals surface area contributed by atoms with Crippen molar-refractivity contribution in [2.45, 2.75) is 19.2 Å². The monoisotopic (exact) mass is 274 g/mol. The van der Waals surface area contributed by atoms with Gasteiger partial charge in [0.05, 0.1) is 18.1 Å². The third kappa shape index (κ3) is 2.74. The molecule has 0 amide bonds. The second kappa shape index (κ2) is 6.26. The number of ether oxygens (including phenoxy) is 1. The molecule has 0 fully saturated rings. The van der Waals surface area contributed by atoms with Crippen molar-refractivity contribution < 1.29 is 18.3 Å². The fraction of sp³-hybridized carbons (Fsp3) is 0.364. The van der Waals surface area contributed by atoms with Crippen molar-refractivity contribution >= 4 is 17.6 Å². The number of carbonyl (C=O) groups is 1. The SMILES string of the molecule is CCOC(=O)c1ncc(C#N)c(C(F)F)c1CCl. The Morgan fingerprint density at radius 2 is 2.33 bits per heavy atom. The van der Waals surface area contributed by atoms with E-state index in [1.54, 1.807) is 13.0 Å². The van der Waals surface area contributed by atoms with Gasteiger partial charge in [-0.05, 0) is 6.92 Å². The molecule has 0 radical (unpaired) electrons. The zero-order valence-electron chi connectivity index (χ0n) is 9.41. The molecule has 0 aliphatic rings. The fourth-order valence-electron chi connectivity index (χ4n) is 1.42. The lowest BCUT2D eigenvalue weighted by Crippen LogP contribution is -2.13. The Balaban J connectivity index is 3.43. The molecule has 0 bridgehead atoms. The van der Waals surface area contributed by atoms with Crippen molar-refractivity contribution in [2.75, 3.05) is 6.61 Å². The van der Waals surface area contributed by atoms with Crippen molar-refractivity contribution in [1.82, 2.24) is 4.98 Å². The molecule has 0 saturated carbocycles. The van der Waals surface area contributed by atoms with E-state index in [-0.39, 0.29) is 29.3 Å². The van der Waals surface area contributed by atoms with Crippen LogP contribution < -0.4 is 0 Å². The summed E-state index contributed by atoms with van der Waals surface area (Å²) in [5.74, 6) is -1.18. The number of carbonyl (C=O) groups excluding carboxylic acids is 1. The van der Waals surface area contributed by atoms with E-state index in [1.807, 2.05) is 0 Å². The normalized spacial score (nSPS) is 10.2. The second-order valence-electron chi connectivity index (χ2n) is 3.18. The van der Waals surface area contributed by atoms with Crippen molar-refractivity contribution in [3.05, 3.63) is 28.6 Å². The maximum absolute atomic E-state index is 12.9. The second-order valence-corrected chi connectivity index (χ2v) is 3.45. The zero-order chi connectivity index (χ0) is 13.7. The van der Waals surface area contributed by atoms with Crippen molar-refractivity contribution in [3.63, 3.8) is 0 Å². The molecule has 1 aromatic rings. The molecule has 0 saturated heterocycles. The van der Waals surface area contributed by atoms with Gasteiger partial charge in [-0.2, -0.15) is 5.26 Å². The first-order valence-electron chi connectivity index (χ1n) is 4.99. The summed E-state index contributed by atoms with van der Waals surface area (Å²) in [5.41, 5.74) is -1.30. The Hall–Kier alpha value is -1.74. The van der Waals surface area contributed by atoms with Gasteiger partial charge in [0.25, 0.3) is 6.43 Å². The molecule has 0 N–H and O–H groups in total. The molecule has 7 heteroatoms. The smallest absolute Gasteiger partial charge is 0.357 e. The quantitative estimate of drug-likeness (QED) is 0.625. The highest BCUT2D eigenvalue weighted by atomic mass is 35.5. The third-order valence-electron chi connectivity index (χ3n) is 2.16. The lowest BCUT2D eigenvalue weighted by Gasteiger charge is -2.11. The number of esters is 1. The van der Waals surface area contributed by atoms with Crippen LogP contribution in [0.3, 0.4) is 0 Å². The minimum Gasteiger partial charge on any atom is -0.461 e. The van der Waals surface area contributed by atoms with Crippen LogP contribution in [0, 0.1) is 11.3 Å². The predicted molar refractivity (Wildman–Crippen MR) is 59.4 cm³/mol. The Morgan fingerprint density at radius 1 is 1.67 bits per heavy atom. The van der Waals surface area contributed by atoms with Crippen LogP contribution in [0.2, 0.25) is 0 Å². The van der Waals surface area contributed by atoms with Gasteiger partial charge in [0.15, 0.2) is 5.69 Å². The fourth-order valence-corrected chi connectivity index (χ4v) is 1.69. The van der Waals surface area contributed by atoms with Crippen LogP contribution in [-0.4, -0.2) is 17.6 Å². The zero-order valence-corrected chi connectivity index (χ0v) is 10.2. The largest absolute Gasteiger partial charge is 0.461 e. The predicted octanol–water partition coefficient (Wildman–Crippen LogP) is 2.81. The number of hydrogen-bond acceptors (Lipinski definition) is 4. The highest BCUT2D eigenvalue weighted by Crippen LogP contribution is 2.29. The summed E-state index contributed by atoms with van der Waals surface area (Å²) in [6.07, 6.45) is -1.99. The van der Waals surface area contributed by atoms with E-state index in [9.17, 15) is 13.6 Å². The van der Waals surface area contributed by atoms with Crippen LogP contribution in [0.15, 0.2) is 6.20 Å². The van der Waals surface area contributed by atoms with E-state index in [4.69, 9.17) is 21.6 Å². The molecule has 1 heterocycles. The van der Waals surface area contributed by atoms with E-state index >= 15 is 0 Å².